The Bertz CT molecular complexity index is 624. The topological polar surface area (TPSA) is 34.2 Å². The van der Waals surface area contributed by atoms with Crippen molar-refractivity contribution in [2.75, 3.05) is 13.2 Å². The molecule has 1 atom stereocenters. The molecule has 0 spiro atoms. The number of hydrogen-bond donors (Lipinski definition) is 1. The van der Waals surface area contributed by atoms with Gasteiger partial charge in [-0.15, -0.1) is 0 Å². The molecular weight excluding hydrogens is 260 g/mol. The number of pyridine rings is 1. The fourth-order valence-electron chi connectivity index (χ4n) is 2.80. The average Bonchev–Trinajstić information content (AvgIpc) is 2.47. The molecule has 0 saturated carbocycles. The molecule has 1 aliphatic carbocycles. The van der Waals surface area contributed by atoms with Gasteiger partial charge in [-0.05, 0) is 43.1 Å². The maximum atomic E-state index is 6.05. The van der Waals surface area contributed by atoms with E-state index in [9.17, 15) is 0 Å². The molecule has 3 nitrogen and oxygen atoms in total. The van der Waals surface area contributed by atoms with Crippen molar-refractivity contribution in [2.45, 2.75) is 32.7 Å². The van der Waals surface area contributed by atoms with Gasteiger partial charge in [0.05, 0.1) is 12.3 Å². The molecule has 0 aliphatic heterocycles. The van der Waals surface area contributed by atoms with Crippen LogP contribution >= 0.6 is 0 Å². The molecule has 0 saturated heterocycles. The highest BCUT2D eigenvalue weighted by Crippen LogP contribution is 2.35. The number of aromatic nitrogens is 1. The fourth-order valence-corrected chi connectivity index (χ4v) is 2.80. The molecule has 0 fully saturated rings. The third-order valence-electron chi connectivity index (χ3n) is 4.02. The van der Waals surface area contributed by atoms with Crippen LogP contribution in [0.25, 0.3) is 0 Å². The first-order chi connectivity index (χ1) is 10.3. The largest absolute Gasteiger partial charge is 0.491 e. The standard InChI is InChI=1S/C18H22N2O/c1-3-19-11-17-18(9-8-13(2)20-17)21-12-15-10-14-6-4-5-7-16(14)15/h4-9,15,19H,3,10-12H2,1-2H3. The maximum absolute atomic E-state index is 6.05. The van der Waals surface area contributed by atoms with Crippen LogP contribution in [0.4, 0.5) is 0 Å². The van der Waals surface area contributed by atoms with E-state index in [4.69, 9.17) is 4.74 Å². The first-order valence-corrected chi connectivity index (χ1v) is 7.65. The zero-order chi connectivity index (χ0) is 14.7. The van der Waals surface area contributed by atoms with Crippen molar-refractivity contribution in [3.8, 4) is 5.75 Å². The summed E-state index contributed by atoms with van der Waals surface area (Å²) in [7, 11) is 0. The van der Waals surface area contributed by atoms with Crippen LogP contribution in [0.2, 0.25) is 0 Å². The summed E-state index contributed by atoms with van der Waals surface area (Å²) in [6.07, 6.45) is 1.12. The molecule has 0 radical (unpaired) electrons. The van der Waals surface area contributed by atoms with Crippen molar-refractivity contribution in [1.82, 2.24) is 10.3 Å². The molecular formula is C18H22N2O. The Labute approximate surface area is 126 Å². The van der Waals surface area contributed by atoms with E-state index in [1.54, 1.807) is 0 Å². The van der Waals surface area contributed by atoms with Crippen LogP contribution in [0, 0.1) is 6.92 Å². The molecule has 1 unspecified atom stereocenters. The normalized spacial score (nSPS) is 16.2. The van der Waals surface area contributed by atoms with Gasteiger partial charge in [-0.25, -0.2) is 0 Å². The van der Waals surface area contributed by atoms with Crippen molar-refractivity contribution in [2.24, 2.45) is 0 Å². The third kappa shape index (κ3) is 3.08. The molecule has 1 aliphatic rings. The summed E-state index contributed by atoms with van der Waals surface area (Å²) in [4.78, 5) is 4.59. The highest BCUT2D eigenvalue weighted by atomic mass is 16.5. The summed E-state index contributed by atoms with van der Waals surface area (Å²) in [5.74, 6) is 1.43. The van der Waals surface area contributed by atoms with Gasteiger partial charge in [0.2, 0.25) is 0 Å². The predicted molar refractivity (Wildman–Crippen MR) is 84.7 cm³/mol. The molecule has 21 heavy (non-hydrogen) atoms. The second kappa shape index (κ2) is 6.27. The second-order valence-electron chi connectivity index (χ2n) is 5.59. The van der Waals surface area contributed by atoms with Crippen LogP contribution in [-0.2, 0) is 13.0 Å². The van der Waals surface area contributed by atoms with Crippen molar-refractivity contribution < 1.29 is 4.74 Å². The monoisotopic (exact) mass is 282 g/mol. The Kier molecular flexibility index (Phi) is 4.20. The van der Waals surface area contributed by atoms with Crippen LogP contribution in [0.3, 0.4) is 0 Å². The summed E-state index contributed by atoms with van der Waals surface area (Å²) in [5.41, 5.74) is 4.93. The lowest BCUT2D eigenvalue weighted by molar-refractivity contribution is 0.271. The Hall–Kier alpha value is -1.87. The van der Waals surface area contributed by atoms with Crippen molar-refractivity contribution in [1.29, 1.82) is 0 Å². The molecule has 2 aromatic rings. The molecule has 1 aromatic carbocycles. The van der Waals surface area contributed by atoms with Gasteiger partial charge < -0.3 is 10.1 Å². The molecule has 0 amide bonds. The number of benzene rings is 1. The number of hydrogen-bond acceptors (Lipinski definition) is 3. The smallest absolute Gasteiger partial charge is 0.142 e. The minimum Gasteiger partial charge on any atom is -0.491 e. The maximum Gasteiger partial charge on any atom is 0.142 e. The lowest BCUT2D eigenvalue weighted by Gasteiger charge is -2.30. The Morgan fingerprint density at radius 2 is 2.10 bits per heavy atom. The number of nitrogens with one attached hydrogen (secondary N) is 1. The van der Waals surface area contributed by atoms with E-state index in [-0.39, 0.29) is 0 Å². The van der Waals surface area contributed by atoms with Gasteiger partial charge in [0.15, 0.2) is 0 Å². The summed E-state index contributed by atoms with van der Waals surface area (Å²) in [6.45, 7) is 6.55. The van der Waals surface area contributed by atoms with E-state index >= 15 is 0 Å². The van der Waals surface area contributed by atoms with Crippen LogP contribution in [0.15, 0.2) is 36.4 Å². The van der Waals surface area contributed by atoms with Gasteiger partial charge in [-0.3, -0.25) is 4.98 Å². The molecule has 1 aromatic heterocycles. The van der Waals surface area contributed by atoms with Crippen molar-refractivity contribution in [3.63, 3.8) is 0 Å². The summed E-state index contributed by atoms with van der Waals surface area (Å²) >= 11 is 0. The van der Waals surface area contributed by atoms with Crippen molar-refractivity contribution >= 4 is 0 Å². The van der Waals surface area contributed by atoms with E-state index in [0.717, 1.165) is 43.3 Å². The molecule has 0 bridgehead atoms. The van der Waals surface area contributed by atoms with Gasteiger partial charge in [-0.1, -0.05) is 31.2 Å². The van der Waals surface area contributed by atoms with Crippen LogP contribution in [-0.4, -0.2) is 18.1 Å². The first kappa shape index (κ1) is 14.1. The van der Waals surface area contributed by atoms with Gasteiger partial charge >= 0.3 is 0 Å². The van der Waals surface area contributed by atoms with Crippen LogP contribution in [0.1, 0.15) is 35.4 Å². The fraction of sp³-hybridized carbons (Fsp3) is 0.389. The highest BCUT2D eigenvalue weighted by Gasteiger charge is 2.26. The van der Waals surface area contributed by atoms with E-state index in [1.807, 2.05) is 19.1 Å². The zero-order valence-corrected chi connectivity index (χ0v) is 12.7. The van der Waals surface area contributed by atoms with Crippen LogP contribution < -0.4 is 10.1 Å². The van der Waals surface area contributed by atoms with Gasteiger partial charge in [0.1, 0.15) is 5.75 Å². The quantitative estimate of drug-likeness (QED) is 0.883. The second-order valence-corrected chi connectivity index (χ2v) is 5.59. The Morgan fingerprint density at radius 3 is 2.90 bits per heavy atom. The van der Waals surface area contributed by atoms with E-state index in [0.29, 0.717) is 5.92 Å². The van der Waals surface area contributed by atoms with Crippen molar-refractivity contribution in [3.05, 3.63) is 58.9 Å². The summed E-state index contributed by atoms with van der Waals surface area (Å²) in [5, 5.41) is 3.32. The molecule has 110 valence electrons. The minimum absolute atomic E-state index is 0.523. The zero-order valence-electron chi connectivity index (χ0n) is 12.7. The van der Waals surface area contributed by atoms with Gasteiger partial charge in [-0.2, -0.15) is 0 Å². The predicted octanol–water partition coefficient (Wildman–Crippen LogP) is 3.22. The lowest BCUT2D eigenvalue weighted by Crippen LogP contribution is -2.23. The lowest BCUT2D eigenvalue weighted by atomic mass is 9.78. The molecule has 3 heteroatoms. The number of rotatable bonds is 6. The Balaban J connectivity index is 1.66. The molecule has 1 N–H and O–H groups in total. The van der Waals surface area contributed by atoms with Gasteiger partial charge in [0, 0.05) is 18.2 Å². The third-order valence-corrected chi connectivity index (χ3v) is 4.02. The first-order valence-electron chi connectivity index (χ1n) is 7.65. The summed E-state index contributed by atoms with van der Waals surface area (Å²) in [6, 6.07) is 12.7. The number of aryl methyl sites for hydroxylation is 1. The number of nitrogens with zero attached hydrogens (tertiary/aromatic N) is 1. The molecule has 1 heterocycles. The van der Waals surface area contributed by atoms with Gasteiger partial charge in [0.25, 0.3) is 0 Å². The molecule has 3 rings (SSSR count). The summed E-state index contributed by atoms with van der Waals surface area (Å²) < 4.78 is 6.05. The van der Waals surface area contributed by atoms with E-state index < -0.39 is 0 Å². The highest BCUT2D eigenvalue weighted by molar-refractivity contribution is 5.40. The SMILES string of the molecule is CCNCc1nc(C)ccc1OCC1Cc2ccccc21. The number of ether oxygens (including phenoxy) is 1. The Morgan fingerprint density at radius 1 is 1.24 bits per heavy atom. The number of fused-ring (bicyclic) bond motifs is 1. The minimum atomic E-state index is 0.523. The van der Waals surface area contributed by atoms with Crippen LogP contribution in [0.5, 0.6) is 5.75 Å². The van der Waals surface area contributed by atoms with E-state index in [1.165, 1.54) is 11.1 Å². The average molecular weight is 282 g/mol. The van der Waals surface area contributed by atoms with E-state index in [2.05, 4.69) is 41.5 Å².